The van der Waals surface area contributed by atoms with Gasteiger partial charge in [0.05, 0.1) is 0 Å². The minimum absolute atomic E-state index is 0.539. The lowest BCUT2D eigenvalue weighted by Crippen LogP contribution is -1.99. The van der Waals surface area contributed by atoms with E-state index in [2.05, 4.69) is 0 Å². The molecule has 0 aliphatic heterocycles. The average Bonchev–Trinajstić information content (AvgIpc) is 1.78. The van der Waals surface area contributed by atoms with Crippen LogP contribution in [0.3, 0.4) is 0 Å². The largest absolute Gasteiger partial charge is 0.744 e. The zero-order valence-electron chi connectivity index (χ0n) is 6.13. The average molecular weight is 205 g/mol. The molecule has 0 fully saturated rings. The van der Waals surface area contributed by atoms with Crippen LogP contribution in [0.1, 0.15) is 0 Å². The Morgan fingerprint density at radius 1 is 1.08 bits per heavy atom. The van der Waals surface area contributed by atoms with Crippen molar-refractivity contribution in [1.82, 2.24) is 0 Å². The van der Waals surface area contributed by atoms with Gasteiger partial charge in [0.15, 0.2) is 0 Å². The molecule has 1 rings (SSSR count). The number of phenolic OH excluding ortho intramolecular Hbond substituents is 3. The maximum absolute atomic E-state index is 10.4. The first-order valence-electron chi connectivity index (χ1n) is 3.03. The summed E-state index contributed by atoms with van der Waals surface area (Å²) in [6.07, 6.45) is 0. The van der Waals surface area contributed by atoms with Gasteiger partial charge in [-0.3, -0.25) is 0 Å². The Balaban J connectivity index is 3.57. The van der Waals surface area contributed by atoms with Gasteiger partial charge in [0, 0.05) is 12.1 Å². The molecule has 7 heteroatoms. The number of rotatable bonds is 1. The first-order chi connectivity index (χ1) is 5.82. The lowest BCUT2D eigenvalue weighted by atomic mass is 10.3. The van der Waals surface area contributed by atoms with E-state index in [1.54, 1.807) is 0 Å². The SMILES string of the molecule is O=S(=O)([O-])c1c(O)cc(O)cc1O. The van der Waals surface area contributed by atoms with E-state index in [9.17, 15) is 13.0 Å². The van der Waals surface area contributed by atoms with Crippen LogP contribution in [0.15, 0.2) is 17.0 Å². The predicted molar refractivity (Wildman–Crippen MR) is 39.4 cm³/mol. The Hall–Kier alpha value is -1.47. The highest BCUT2D eigenvalue weighted by atomic mass is 32.2. The van der Waals surface area contributed by atoms with E-state index in [1.807, 2.05) is 0 Å². The predicted octanol–water partition coefficient (Wildman–Crippen LogP) is -0.292. The molecule has 0 amide bonds. The number of benzene rings is 1. The zero-order chi connectivity index (χ0) is 10.2. The second-order valence-electron chi connectivity index (χ2n) is 2.27. The molecular weight excluding hydrogens is 200 g/mol. The topological polar surface area (TPSA) is 118 Å². The molecule has 6 nitrogen and oxygen atoms in total. The molecule has 0 aromatic heterocycles. The fraction of sp³-hybridized carbons (Fsp3) is 0. The van der Waals surface area contributed by atoms with Crippen LogP contribution in [0.5, 0.6) is 17.2 Å². The molecule has 0 spiro atoms. The first-order valence-corrected chi connectivity index (χ1v) is 4.44. The Morgan fingerprint density at radius 3 is 1.77 bits per heavy atom. The smallest absolute Gasteiger partial charge is 0.140 e. The van der Waals surface area contributed by atoms with E-state index < -0.39 is 32.3 Å². The van der Waals surface area contributed by atoms with E-state index in [0.717, 1.165) is 0 Å². The molecule has 13 heavy (non-hydrogen) atoms. The molecule has 0 heterocycles. The van der Waals surface area contributed by atoms with Crippen molar-refractivity contribution in [1.29, 1.82) is 0 Å². The maximum atomic E-state index is 10.4. The van der Waals surface area contributed by atoms with Gasteiger partial charge in [0.25, 0.3) is 0 Å². The molecule has 0 saturated carbocycles. The third-order valence-corrected chi connectivity index (χ3v) is 2.20. The summed E-state index contributed by atoms with van der Waals surface area (Å²) < 4.78 is 31.3. The second kappa shape index (κ2) is 2.79. The van der Waals surface area contributed by atoms with Crippen LogP contribution in [0.4, 0.5) is 0 Å². The Bertz CT molecular complexity index is 411. The van der Waals surface area contributed by atoms with Gasteiger partial charge in [-0.25, -0.2) is 8.42 Å². The third kappa shape index (κ3) is 1.82. The van der Waals surface area contributed by atoms with Crippen LogP contribution >= 0.6 is 0 Å². The highest BCUT2D eigenvalue weighted by Gasteiger charge is 2.15. The van der Waals surface area contributed by atoms with E-state index in [0.29, 0.717) is 12.1 Å². The molecule has 0 unspecified atom stereocenters. The van der Waals surface area contributed by atoms with Gasteiger partial charge in [0.2, 0.25) is 0 Å². The first kappa shape index (κ1) is 9.62. The molecule has 0 aliphatic rings. The van der Waals surface area contributed by atoms with Crippen LogP contribution in [-0.2, 0) is 10.1 Å². The number of hydrogen-bond donors (Lipinski definition) is 3. The summed E-state index contributed by atoms with van der Waals surface area (Å²) in [4.78, 5) is -1.13. The van der Waals surface area contributed by atoms with Crippen LogP contribution in [0.25, 0.3) is 0 Å². The third-order valence-electron chi connectivity index (χ3n) is 1.28. The van der Waals surface area contributed by atoms with Crippen molar-refractivity contribution in [3.63, 3.8) is 0 Å². The maximum Gasteiger partial charge on any atom is 0.140 e. The van der Waals surface area contributed by atoms with E-state index in [1.165, 1.54) is 0 Å². The normalized spacial score (nSPS) is 11.5. The minimum Gasteiger partial charge on any atom is -0.744 e. The van der Waals surface area contributed by atoms with E-state index >= 15 is 0 Å². The van der Waals surface area contributed by atoms with E-state index in [-0.39, 0.29) is 0 Å². The van der Waals surface area contributed by atoms with Gasteiger partial charge >= 0.3 is 0 Å². The summed E-state index contributed by atoms with van der Waals surface area (Å²) in [6, 6.07) is 1.29. The molecule has 0 radical (unpaired) electrons. The van der Waals surface area contributed by atoms with Crippen molar-refractivity contribution in [3.05, 3.63) is 12.1 Å². The molecule has 72 valence electrons. The monoisotopic (exact) mass is 205 g/mol. The van der Waals surface area contributed by atoms with E-state index in [4.69, 9.17) is 15.3 Å². The number of hydrogen-bond acceptors (Lipinski definition) is 6. The van der Waals surface area contributed by atoms with Crippen molar-refractivity contribution in [2.75, 3.05) is 0 Å². The van der Waals surface area contributed by atoms with Crippen LogP contribution in [0.2, 0.25) is 0 Å². The molecule has 0 aliphatic carbocycles. The highest BCUT2D eigenvalue weighted by molar-refractivity contribution is 7.86. The van der Waals surface area contributed by atoms with Crippen molar-refractivity contribution < 1.29 is 28.3 Å². The van der Waals surface area contributed by atoms with Crippen molar-refractivity contribution in [2.24, 2.45) is 0 Å². The Morgan fingerprint density at radius 2 is 1.46 bits per heavy atom. The highest BCUT2D eigenvalue weighted by Crippen LogP contribution is 2.35. The standard InChI is InChI=1S/C6H6O6S/c7-3-1-4(8)6(5(9)2-3)13(10,11)12/h1-2,7-9H,(H,10,11,12)/p-1. The zero-order valence-corrected chi connectivity index (χ0v) is 6.95. The van der Waals surface area contributed by atoms with Crippen molar-refractivity contribution in [3.8, 4) is 17.2 Å². The molecule has 1 aromatic carbocycles. The molecular formula is C6H5O6S-. The summed E-state index contributed by atoms with van der Waals surface area (Å²) in [5.41, 5.74) is 0. The van der Waals surface area contributed by atoms with Crippen LogP contribution in [-0.4, -0.2) is 28.3 Å². The van der Waals surface area contributed by atoms with Crippen LogP contribution < -0.4 is 0 Å². The summed E-state index contributed by atoms with van der Waals surface area (Å²) in [7, 11) is -4.94. The van der Waals surface area contributed by atoms with Crippen LogP contribution in [0, 0.1) is 0 Å². The Kier molecular flexibility index (Phi) is 2.06. The fourth-order valence-corrected chi connectivity index (χ4v) is 1.47. The quantitative estimate of drug-likeness (QED) is 0.542. The molecule has 3 N–H and O–H groups in total. The lowest BCUT2D eigenvalue weighted by molar-refractivity contribution is 0.395. The van der Waals surface area contributed by atoms with Gasteiger partial charge in [0.1, 0.15) is 32.3 Å². The number of phenols is 3. The van der Waals surface area contributed by atoms with Gasteiger partial charge in [-0.1, -0.05) is 0 Å². The summed E-state index contributed by atoms with van der Waals surface area (Å²) in [5, 5.41) is 26.6. The minimum atomic E-state index is -4.94. The second-order valence-corrected chi connectivity index (χ2v) is 3.58. The molecule has 1 aromatic rings. The summed E-state index contributed by atoms with van der Waals surface area (Å²) >= 11 is 0. The fourth-order valence-electron chi connectivity index (χ4n) is 0.840. The van der Waals surface area contributed by atoms with Crippen molar-refractivity contribution >= 4 is 10.1 Å². The number of aromatic hydroxyl groups is 3. The van der Waals surface area contributed by atoms with Gasteiger partial charge in [-0.15, -0.1) is 0 Å². The lowest BCUT2D eigenvalue weighted by Gasteiger charge is -2.10. The van der Waals surface area contributed by atoms with Crippen molar-refractivity contribution in [2.45, 2.75) is 4.90 Å². The van der Waals surface area contributed by atoms with Gasteiger partial charge < -0.3 is 19.9 Å². The summed E-state index contributed by atoms with van der Waals surface area (Å²) in [6.45, 7) is 0. The molecule has 0 saturated heterocycles. The van der Waals surface area contributed by atoms with Gasteiger partial charge in [-0.2, -0.15) is 0 Å². The summed E-state index contributed by atoms with van der Waals surface area (Å²) in [5.74, 6) is -2.50. The van der Waals surface area contributed by atoms with Gasteiger partial charge in [-0.05, 0) is 0 Å². The molecule has 0 bridgehead atoms. The Labute approximate surface area is 73.4 Å². The molecule has 0 atom stereocenters.